The maximum atomic E-state index is 13.6. The minimum Gasteiger partial charge on any atom is -0.453 e. The average Bonchev–Trinajstić information content (AvgIpc) is 2.33. The molecule has 0 saturated heterocycles. The lowest BCUT2D eigenvalue weighted by atomic mass is 10.2. The molecule has 17 heavy (non-hydrogen) atoms. The van der Waals surface area contributed by atoms with E-state index in [4.69, 9.17) is 10.5 Å². The van der Waals surface area contributed by atoms with Gasteiger partial charge < -0.3 is 10.5 Å². The number of benzene rings is 2. The van der Waals surface area contributed by atoms with E-state index in [2.05, 4.69) is 0 Å². The summed E-state index contributed by atoms with van der Waals surface area (Å²) < 4.78 is 18.9. The second-order valence-electron chi connectivity index (χ2n) is 3.40. The zero-order valence-corrected chi connectivity index (χ0v) is 8.89. The Kier molecular flexibility index (Phi) is 3.05. The van der Waals surface area contributed by atoms with Crippen LogP contribution in [0.2, 0.25) is 0 Å². The number of hydrogen-bond acceptors (Lipinski definition) is 2. The highest BCUT2D eigenvalue weighted by Crippen LogP contribution is 2.27. The molecule has 0 aliphatic heterocycles. The van der Waals surface area contributed by atoms with E-state index in [-0.39, 0.29) is 11.3 Å². The minimum absolute atomic E-state index is 0.0221. The fraction of sp³-hybridized carbons (Fsp3) is 0. The van der Waals surface area contributed by atoms with Crippen LogP contribution >= 0.6 is 0 Å². The average molecular weight is 231 g/mol. The molecule has 0 heterocycles. The van der Waals surface area contributed by atoms with Gasteiger partial charge >= 0.3 is 0 Å². The molecule has 0 atom stereocenters. The summed E-state index contributed by atoms with van der Waals surface area (Å²) in [6.45, 7) is 0. The highest BCUT2D eigenvalue weighted by atomic mass is 19.1. The Bertz CT molecular complexity index is 540. The van der Waals surface area contributed by atoms with Crippen LogP contribution in [0.3, 0.4) is 0 Å². The fourth-order valence-corrected chi connectivity index (χ4v) is 1.41. The predicted octanol–water partition coefficient (Wildman–Crippen LogP) is 2.72. The Morgan fingerprint density at radius 1 is 1.06 bits per heavy atom. The van der Waals surface area contributed by atoms with Gasteiger partial charge in [0, 0.05) is 0 Å². The van der Waals surface area contributed by atoms with Gasteiger partial charge in [-0.1, -0.05) is 24.3 Å². The van der Waals surface area contributed by atoms with Gasteiger partial charge in [-0.2, -0.15) is 0 Å². The van der Waals surface area contributed by atoms with E-state index in [1.807, 2.05) is 6.07 Å². The van der Waals surface area contributed by atoms with Crippen LogP contribution in [0.25, 0.3) is 0 Å². The molecule has 3 nitrogen and oxygen atoms in total. The molecule has 0 fully saturated rings. The molecule has 0 aliphatic carbocycles. The SMILES string of the molecule is NC(=O)c1cccc(F)c1Oc1ccccc1. The zero-order valence-electron chi connectivity index (χ0n) is 8.89. The number of carbonyl (C=O) groups is 1. The summed E-state index contributed by atoms with van der Waals surface area (Å²) in [5.74, 6) is -1.05. The summed E-state index contributed by atoms with van der Waals surface area (Å²) in [4.78, 5) is 11.1. The summed E-state index contributed by atoms with van der Waals surface area (Å²) in [6.07, 6.45) is 0. The number of para-hydroxylation sites is 2. The number of carbonyl (C=O) groups excluding carboxylic acids is 1. The van der Waals surface area contributed by atoms with Crippen LogP contribution in [0.4, 0.5) is 4.39 Å². The van der Waals surface area contributed by atoms with Crippen molar-refractivity contribution in [3.05, 3.63) is 59.9 Å². The lowest BCUT2D eigenvalue weighted by Gasteiger charge is -2.09. The number of primary amides is 1. The number of rotatable bonds is 3. The first kappa shape index (κ1) is 11.1. The monoisotopic (exact) mass is 231 g/mol. The van der Waals surface area contributed by atoms with Gasteiger partial charge in [-0.25, -0.2) is 4.39 Å². The molecule has 2 aromatic rings. The first-order valence-electron chi connectivity index (χ1n) is 4.99. The van der Waals surface area contributed by atoms with Crippen molar-refractivity contribution in [3.8, 4) is 11.5 Å². The standard InChI is InChI=1S/C13H10FNO2/c14-11-8-4-7-10(13(15)16)12(11)17-9-5-2-1-3-6-9/h1-8H,(H2,15,16). The number of hydrogen-bond donors (Lipinski definition) is 1. The third kappa shape index (κ3) is 2.42. The van der Waals surface area contributed by atoms with Gasteiger partial charge in [-0.15, -0.1) is 0 Å². The summed E-state index contributed by atoms with van der Waals surface area (Å²) >= 11 is 0. The van der Waals surface area contributed by atoms with Crippen LogP contribution in [0.5, 0.6) is 11.5 Å². The minimum atomic E-state index is -0.726. The lowest BCUT2D eigenvalue weighted by Crippen LogP contribution is -2.12. The largest absolute Gasteiger partial charge is 0.453 e. The maximum absolute atomic E-state index is 13.6. The van der Waals surface area contributed by atoms with Gasteiger partial charge in [0.1, 0.15) is 5.75 Å². The van der Waals surface area contributed by atoms with Crippen molar-refractivity contribution in [2.45, 2.75) is 0 Å². The Morgan fingerprint density at radius 2 is 1.76 bits per heavy atom. The lowest BCUT2D eigenvalue weighted by molar-refractivity contribution is 0.0997. The molecular formula is C13H10FNO2. The number of halogens is 1. The molecule has 2 rings (SSSR count). The molecule has 0 saturated carbocycles. The van der Waals surface area contributed by atoms with E-state index in [9.17, 15) is 9.18 Å². The van der Waals surface area contributed by atoms with Gasteiger partial charge in [0.05, 0.1) is 5.56 Å². The normalized spacial score (nSPS) is 9.94. The molecule has 0 bridgehead atoms. The molecule has 0 aromatic heterocycles. The third-order valence-electron chi connectivity index (χ3n) is 2.20. The fourth-order valence-electron chi connectivity index (χ4n) is 1.41. The van der Waals surface area contributed by atoms with E-state index in [0.717, 1.165) is 0 Å². The van der Waals surface area contributed by atoms with Crippen LogP contribution in [0.1, 0.15) is 10.4 Å². The number of nitrogens with two attached hydrogens (primary N) is 1. The molecule has 1 amide bonds. The molecule has 0 spiro atoms. The molecule has 2 N–H and O–H groups in total. The summed E-state index contributed by atoms with van der Waals surface area (Å²) in [6, 6.07) is 12.7. The van der Waals surface area contributed by atoms with Crippen molar-refractivity contribution in [2.24, 2.45) is 5.73 Å². The molecule has 0 aliphatic rings. The van der Waals surface area contributed by atoms with Crippen molar-refractivity contribution in [3.63, 3.8) is 0 Å². The van der Waals surface area contributed by atoms with Crippen molar-refractivity contribution in [1.82, 2.24) is 0 Å². The number of amides is 1. The van der Waals surface area contributed by atoms with Crippen LogP contribution in [-0.2, 0) is 0 Å². The molecule has 0 unspecified atom stereocenters. The Morgan fingerprint density at radius 3 is 2.41 bits per heavy atom. The van der Waals surface area contributed by atoms with Gasteiger partial charge in [-0.3, -0.25) is 4.79 Å². The highest BCUT2D eigenvalue weighted by molar-refractivity contribution is 5.95. The topological polar surface area (TPSA) is 52.3 Å². The first-order chi connectivity index (χ1) is 8.18. The van der Waals surface area contributed by atoms with Crippen LogP contribution < -0.4 is 10.5 Å². The second-order valence-corrected chi connectivity index (χ2v) is 3.40. The summed E-state index contributed by atoms with van der Waals surface area (Å²) in [5.41, 5.74) is 5.17. The van der Waals surface area contributed by atoms with E-state index in [0.29, 0.717) is 5.75 Å². The van der Waals surface area contributed by atoms with Gasteiger partial charge in [0.25, 0.3) is 5.91 Å². The Hall–Kier alpha value is -2.36. The summed E-state index contributed by atoms with van der Waals surface area (Å²) in [5, 5.41) is 0. The van der Waals surface area contributed by atoms with Crippen LogP contribution in [0.15, 0.2) is 48.5 Å². The van der Waals surface area contributed by atoms with Crippen LogP contribution in [0, 0.1) is 5.82 Å². The molecule has 2 aromatic carbocycles. The van der Waals surface area contributed by atoms with E-state index in [1.165, 1.54) is 18.2 Å². The van der Waals surface area contributed by atoms with Crippen molar-refractivity contribution in [2.75, 3.05) is 0 Å². The third-order valence-corrected chi connectivity index (χ3v) is 2.20. The van der Waals surface area contributed by atoms with Crippen LogP contribution in [-0.4, -0.2) is 5.91 Å². The molecule has 0 radical (unpaired) electrons. The molecule has 4 heteroatoms. The smallest absolute Gasteiger partial charge is 0.252 e. The number of ether oxygens (including phenoxy) is 1. The maximum Gasteiger partial charge on any atom is 0.252 e. The first-order valence-corrected chi connectivity index (χ1v) is 4.99. The Balaban J connectivity index is 2.41. The zero-order chi connectivity index (χ0) is 12.3. The molecule has 86 valence electrons. The predicted molar refractivity (Wildman–Crippen MR) is 61.4 cm³/mol. The second kappa shape index (κ2) is 4.65. The molecular weight excluding hydrogens is 221 g/mol. The van der Waals surface area contributed by atoms with Gasteiger partial charge in [0.2, 0.25) is 0 Å². The van der Waals surface area contributed by atoms with Gasteiger partial charge in [0.15, 0.2) is 11.6 Å². The summed E-state index contributed by atoms with van der Waals surface area (Å²) in [7, 11) is 0. The highest BCUT2D eigenvalue weighted by Gasteiger charge is 2.14. The van der Waals surface area contributed by atoms with Crippen molar-refractivity contribution < 1.29 is 13.9 Å². The van der Waals surface area contributed by atoms with Crippen molar-refractivity contribution in [1.29, 1.82) is 0 Å². The van der Waals surface area contributed by atoms with Gasteiger partial charge in [-0.05, 0) is 24.3 Å². The van der Waals surface area contributed by atoms with E-state index >= 15 is 0 Å². The van der Waals surface area contributed by atoms with E-state index < -0.39 is 11.7 Å². The van der Waals surface area contributed by atoms with E-state index in [1.54, 1.807) is 24.3 Å². The quantitative estimate of drug-likeness (QED) is 0.882. The van der Waals surface area contributed by atoms with Crippen molar-refractivity contribution >= 4 is 5.91 Å². The Labute approximate surface area is 97.6 Å².